The van der Waals surface area contributed by atoms with Gasteiger partial charge in [0.25, 0.3) is 11.8 Å². The molecule has 2 atom stereocenters. The molecular formula is C20H19Cl2N3O4S. The second kappa shape index (κ2) is 9.59. The Bertz CT molecular complexity index is 971. The van der Waals surface area contributed by atoms with Gasteiger partial charge >= 0.3 is 0 Å². The number of thioether (sulfide) groups is 1. The summed E-state index contributed by atoms with van der Waals surface area (Å²) >= 11 is 13.6. The van der Waals surface area contributed by atoms with Gasteiger partial charge in [0.1, 0.15) is 11.1 Å². The first-order valence-electron chi connectivity index (χ1n) is 8.98. The average molecular weight is 468 g/mol. The Labute approximate surface area is 188 Å². The largest absolute Gasteiger partial charge is 0.484 e. The predicted octanol–water partition coefficient (Wildman–Crippen LogP) is 4.02. The summed E-state index contributed by atoms with van der Waals surface area (Å²) in [6, 6.07) is 11.6. The third-order valence-electron chi connectivity index (χ3n) is 4.17. The summed E-state index contributed by atoms with van der Waals surface area (Å²) < 4.78 is 5.47. The van der Waals surface area contributed by atoms with E-state index in [-0.39, 0.29) is 23.7 Å². The van der Waals surface area contributed by atoms with Crippen LogP contribution in [0, 0.1) is 0 Å². The smallest absolute Gasteiger partial charge is 0.276 e. The van der Waals surface area contributed by atoms with Crippen LogP contribution < -0.4 is 15.5 Å². The number of hydrogen-bond donors (Lipinski definition) is 2. The second-order valence-corrected chi connectivity index (χ2v) is 8.80. The highest BCUT2D eigenvalue weighted by molar-refractivity contribution is 8.01. The Hall–Kier alpha value is -2.42. The number of amides is 3. The minimum atomic E-state index is -0.487. The maximum atomic E-state index is 12.5. The quantitative estimate of drug-likeness (QED) is 0.669. The number of carbonyl (C=O) groups is 3. The van der Waals surface area contributed by atoms with Gasteiger partial charge in [0.15, 0.2) is 6.61 Å². The summed E-state index contributed by atoms with van der Waals surface area (Å²) in [4.78, 5) is 36.0. The highest BCUT2D eigenvalue weighted by Crippen LogP contribution is 2.44. The minimum Gasteiger partial charge on any atom is -0.484 e. The maximum absolute atomic E-state index is 12.5. The molecule has 1 fully saturated rings. The summed E-state index contributed by atoms with van der Waals surface area (Å²) in [6.45, 7) is 2.89. The maximum Gasteiger partial charge on any atom is 0.276 e. The highest BCUT2D eigenvalue weighted by atomic mass is 35.5. The van der Waals surface area contributed by atoms with Crippen LogP contribution in [-0.4, -0.2) is 34.6 Å². The lowest BCUT2D eigenvalue weighted by atomic mass is 10.2. The average Bonchev–Trinajstić information content (AvgIpc) is 2.95. The summed E-state index contributed by atoms with van der Waals surface area (Å²) in [6.07, 6.45) is 0. The third kappa shape index (κ3) is 5.38. The van der Waals surface area contributed by atoms with E-state index < -0.39 is 11.3 Å². The molecule has 7 nitrogen and oxygen atoms in total. The number of hydrazine groups is 1. The Morgan fingerprint density at radius 3 is 2.50 bits per heavy atom. The van der Waals surface area contributed by atoms with Gasteiger partial charge in [0.05, 0.1) is 5.25 Å². The first kappa shape index (κ1) is 22.3. The van der Waals surface area contributed by atoms with Crippen molar-refractivity contribution in [2.45, 2.75) is 24.5 Å². The highest BCUT2D eigenvalue weighted by Gasteiger charge is 2.40. The molecule has 0 spiro atoms. The zero-order valence-electron chi connectivity index (χ0n) is 16.1. The molecule has 0 radical (unpaired) electrons. The molecule has 1 aliphatic heterocycles. The van der Waals surface area contributed by atoms with Gasteiger partial charge in [-0.3, -0.25) is 19.8 Å². The van der Waals surface area contributed by atoms with Crippen LogP contribution in [0.4, 0.5) is 5.69 Å². The van der Waals surface area contributed by atoms with E-state index in [1.54, 1.807) is 49.4 Å². The van der Waals surface area contributed by atoms with Gasteiger partial charge in [-0.1, -0.05) is 29.3 Å². The Morgan fingerprint density at radius 1 is 1.17 bits per heavy atom. The lowest BCUT2D eigenvalue weighted by Gasteiger charge is -2.25. The first-order chi connectivity index (χ1) is 14.2. The molecule has 1 aliphatic rings. The summed E-state index contributed by atoms with van der Waals surface area (Å²) in [5.41, 5.74) is 3.91. The molecule has 2 aromatic carbocycles. The van der Waals surface area contributed by atoms with E-state index >= 15 is 0 Å². The van der Waals surface area contributed by atoms with Crippen LogP contribution in [-0.2, 0) is 14.4 Å². The number of rotatable bonds is 6. The van der Waals surface area contributed by atoms with Crippen LogP contribution in [0.25, 0.3) is 0 Å². The topological polar surface area (TPSA) is 87.7 Å². The molecule has 2 N–H and O–H groups in total. The SMILES string of the molecule is CC(=O)Nc1ccc(OCC(=O)NN2C(=O)C(C)SC2c2ccc(Cl)cc2Cl)cc1. The van der Waals surface area contributed by atoms with Gasteiger partial charge < -0.3 is 10.1 Å². The van der Waals surface area contributed by atoms with Crippen molar-refractivity contribution < 1.29 is 19.1 Å². The molecule has 1 saturated heterocycles. The Kier molecular flexibility index (Phi) is 7.12. The van der Waals surface area contributed by atoms with Gasteiger partial charge in [-0.15, -0.1) is 11.8 Å². The van der Waals surface area contributed by atoms with Gasteiger partial charge in [-0.05, 0) is 43.3 Å². The Morgan fingerprint density at radius 2 is 1.87 bits per heavy atom. The van der Waals surface area contributed by atoms with Crippen molar-refractivity contribution in [3.05, 3.63) is 58.1 Å². The molecule has 2 aromatic rings. The van der Waals surface area contributed by atoms with E-state index in [1.165, 1.54) is 23.7 Å². The van der Waals surface area contributed by atoms with Crippen LogP contribution in [0.2, 0.25) is 10.0 Å². The summed E-state index contributed by atoms with van der Waals surface area (Å²) in [5.74, 6) is -0.448. The first-order valence-corrected chi connectivity index (χ1v) is 10.7. The number of carbonyl (C=O) groups excluding carboxylic acids is 3. The van der Waals surface area contributed by atoms with Crippen molar-refractivity contribution in [2.75, 3.05) is 11.9 Å². The fourth-order valence-corrected chi connectivity index (χ4v) is 4.63. The number of halogens is 2. The van der Waals surface area contributed by atoms with Crippen LogP contribution >= 0.6 is 35.0 Å². The van der Waals surface area contributed by atoms with E-state index in [4.69, 9.17) is 27.9 Å². The fraction of sp³-hybridized carbons (Fsp3) is 0.250. The second-order valence-electron chi connectivity index (χ2n) is 6.53. The molecule has 2 unspecified atom stereocenters. The van der Waals surface area contributed by atoms with E-state index in [0.29, 0.717) is 27.0 Å². The molecule has 10 heteroatoms. The van der Waals surface area contributed by atoms with E-state index in [1.807, 2.05) is 0 Å². The minimum absolute atomic E-state index is 0.180. The molecule has 3 rings (SSSR count). The van der Waals surface area contributed by atoms with Crippen LogP contribution in [0.5, 0.6) is 5.75 Å². The molecule has 3 amide bonds. The molecule has 1 heterocycles. The van der Waals surface area contributed by atoms with Gasteiger partial charge in [-0.2, -0.15) is 0 Å². The Balaban J connectivity index is 1.63. The zero-order valence-corrected chi connectivity index (χ0v) is 18.5. The van der Waals surface area contributed by atoms with E-state index in [0.717, 1.165) is 0 Å². The van der Waals surface area contributed by atoms with E-state index in [2.05, 4.69) is 10.7 Å². The third-order valence-corrected chi connectivity index (χ3v) is 6.07. The van der Waals surface area contributed by atoms with Crippen LogP contribution in [0.15, 0.2) is 42.5 Å². The molecule has 158 valence electrons. The van der Waals surface area contributed by atoms with Crippen molar-refractivity contribution in [3.8, 4) is 5.75 Å². The molecular weight excluding hydrogens is 449 g/mol. The number of nitrogens with one attached hydrogen (secondary N) is 2. The predicted molar refractivity (Wildman–Crippen MR) is 117 cm³/mol. The van der Waals surface area contributed by atoms with Crippen molar-refractivity contribution in [3.63, 3.8) is 0 Å². The summed E-state index contributed by atoms with van der Waals surface area (Å²) in [5, 5.41) is 4.00. The van der Waals surface area contributed by atoms with Gasteiger partial charge in [-0.25, -0.2) is 5.01 Å². The molecule has 0 aromatic heterocycles. The zero-order chi connectivity index (χ0) is 21.8. The number of anilines is 1. The van der Waals surface area contributed by atoms with E-state index in [9.17, 15) is 14.4 Å². The monoisotopic (exact) mass is 467 g/mol. The number of nitrogens with zero attached hydrogens (tertiary/aromatic N) is 1. The number of hydrogen-bond acceptors (Lipinski definition) is 5. The lowest BCUT2D eigenvalue weighted by Crippen LogP contribution is -2.47. The molecule has 0 saturated carbocycles. The fourth-order valence-electron chi connectivity index (χ4n) is 2.80. The van der Waals surface area contributed by atoms with Crippen molar-refractivity contribution in [1.82, 2.24) is 10.4 Å². The standard InChI is InChI=1S/C20H19Cl2N3O4S/c1-11-19(28)25(20(30-11)16-8-3-13(21)9-17(16)22)24-18(27)10-29-15-6-4-14(5-7-15)23-12(2)26/h3-9,11,20H,10H2,1-2H3,(H,23,26)(H,24,27). The summed E-state index contributed by atoms with van der Waals surface area (Å²) in [7, 11) is 0. The number of ether oxygens (including phenoxy) is 1. The van der Waals surface area contributed by atoms with Crippen molar-refractivity contribution in [2.24, 2.45) is 0 Å². The molecule has 30 heavy (non-hydrogen) atoms. The van der Waals surface area contributed by atoms with Gasteiger partial charge in [0.2, 0.25) is 5.91 Å². The van der Waals surface area contributed by atoms with Crippen molar-refractivity contribution in [1.29, 1.82) is 0 Å². The van der Waals surface area contributed by atoms with Crippen molar-refractivity contribution >= 4 is 58.4 Å². The lowest BCUT2D eigenvalue weighted by molar-refractivity contribution is -0.141. The van der Waals surface area contributed by atoms with Crippen LogP contribution in [0.3, 0.4) is 0 Å². The number of benzene rings is 2. The molecule has 0 aliphatic carbocycles. The molecule has 0 bridgehead atoms. The van der Waals surface area contributed by atoms with Gasteiger partial charge in [0, 0.05) is 28.2 Å². The normalized spacial score (nSPS) is 18.3. The van der Waals surface area contributed by atoms with Crippen LogP contribution in [0.1, 0.15) is 24.8 Å².